The molecule has 4 heterocycles. The highest BCUT2D eigenvalue weighted by Gasteiger charge is 2.35. The molecule has 0 saturated carbocycles. The number of alkyl halides is 3. The molecule has 5 aromatic carbocycles. The number of hydrogen-bond acceptors (Lipinski definition) is 9. The third kappa shape index (κ3) is 8.07. The van der Waals surface area contributed by atoms with Crippen LogP contribution < -0.4 is 28.4 Å². The van der Waals surface area contributed by atoms with Crippen molar-refractivity contribution in [2.45, 2.75) is 57.3 Å². The third-order valence-electron chi connectivity index (χ3n) is 11.2. The molecule has 12 heteroatoms. The normalized spacial score (nSPS) is 18.0. The Morgan fingerprint density at radius 1 is 0.754 bits per heavy atom. The second-order valence-electron chi connectivity index (χ2n) is 14.8. The van der Waals surface area contributed by atoms with Crippen LogP contribution in [0.25, 0.3) is 0 Å². The number of aliphatic hydroxyl groups excluding tert-OH is 1. The molecule has 9 rings (SSSR count). The summed E-state index contributed by atoms with van der Waals surface area (Å²) in [6.07, 6.45) is -2.04. The predicted octanol–water partition coefficient (Wildman–Crippen LogP) is 9.12. The van der Waals surface area contributed by atoms with Gasteiger partial charge in [-0.15, -0.1) is 13.2 Å². The number of nitrogens with zero attached hydrogens (tertiary/aromatic N) is 2. The summed E-state index contributed by atoms with van der Waals surface area (Å²) in [5, 5.41) is 10.8. The van der Waals surface area contributed by atoms with Crippen LogP contribution in [0, 0.1) is 0 Å². The van der Waals surface area contributed by atoms with Crippen molar-refractivity contribution in [2.24, 2.45) is 0 Å². The standard InChI is InChI=1S/C45H45F3N2O7/c1-49-16-14-30-22-32(25-51)39-24-35(30)36(49)19-27-8-11-33(12-9-27)55-40-21-28(10-13-38(40)52-3)20-37-42-31(15-17-50(37)2)23-41(53-4)43(44(42)56-39)54-26-29-6-5-7-34(18-29)57-45(46,47)48/h5-13,18,21-24,36-37,51H,14-17,19-20,25-26H2,1-4H3/t36-,37-/m0/s1. The fraction of sp³-hybridized carbons (Fsp3) is 0.333. The number of halogens is 3. The van der Waals surface area contributed by atoms with Gasteiger partial charge in [-0.25, -0.2) is 0 Å². The van der Waals surface area contributed by atoms with E-state index in [1.165, 1.54) is 18.2 Å². The molecule has 57 heavy (non-hydrogen) atoms. The second-order valence-corrected chi connectivity index (χ2v) is 14.8. The number of ether oxygens (including phenoxy) is 6. The second kappa shape index (κ2) is 15.8. The molecule has 2 atom stereocenters. The van der Waals surface area contributed by atoms with E-state index in [2.05, 4.69) is 40.8 Å². The van der Waals surface area contributed by atoms with Gasteiger partial charge in [0, 0.05) is 36.3 Å². The Morgan fingerprint density at radius 2 is 1.47 bits per heavy atom. The average Bonchev–Trinajstić information content (AvgIpc) is 3.19. The Kier molecular flexibility index (Phi) is 10.7. The molecule has 4 aliphatic rings. The first-order chi connectivity index (χ1) is 27.5. The lowest BCUT2D eigenvalue weighted by Gasteiger charge is -2.37. The van der Waals surface area contributed by atoms with Crippen molar-refractivity contribution < 1.29 is 46.7 Å². The van der Waals surface area contributed by atoms with Gasteiger partial charge in [-0.2, -0.15) is 0 Å². The maximum atomic E-state index is 13.1. The van der Waals surface area contributed by atoms with Gasteiger partial charge in [0.05, 0.1) is 20.8 Å². The van der Waals surface area contributed by atoms with E-state index in [-0.39, 0.29) is 31.0 Å². The molecule has 0 spiro atoms. The third-order valence-corrected chi connectivity index (χ3v) is 11.2. The lowest BCUT2D eigenvalue weighted by Crippen LogP contribution is -2.34. The van der Waals surface area contributed by atoms with E-state index >= 15 is 0 Å². The first-order valence-electron chi connectivity index (χ1n) is 19.0. The summed E-state index contributed by atoms with van der Waals surface area (Å²) in [5.41, 5.74) is 7.37. The van der Waals surface area contributed by atoms with E-state index < -0.39 is 6.36 Å². The van der Waals surface area contributed by atoms with Crippen LogP contribution in [-0.4, -0.2) is 62.7 Å². The van der Waals surface area contributed by atoms with Gasteiger partial charge in [-0.3, -0.25) is 9.80 Å². The van der Waals surface area contributed by atoms with Crippen LogP contribution in [0.15, 0.2) is 84.9 Å². The maximum absolute atomic E-state index is 13.1. The lowest BCUT2D eigenvalue weighted by molar-refractivity contribution is -0.274. The average molecular weight is 783 g/mol. The number of fused-ring (bicyclic) bond motifs is 2. The van der Waals surface area contributed by atoms with Gasteiger partial charge in [-0.1, -0.05) is 30.3 Å². The van der Waals surface area contributed by atoms with Gasteiger partial charge in [0.2, 0.25) is 5.75 Å². The molecule has 6 bridgehead atoms. The minimum atomic E-state index is -4.84. The van der Waals surface area contributed by atoms with Gasteiger partial charge in [0.25, 0.3) is 0 Å². The number of methoxy groups -OCH3 is 2. The molecule has 0 radical (unpaired) electrons. The molecule has 1 N–H and O–H groups in total. The first kappa shape index (κ1) is 38.4. The van der Waals surface area contributed by atoms with E-state index in [4.69, 9.17) is 23.7 Å². The number of rotatable bonds is 7. The zero-order valence-corrected chi connectivity index (χ0v) is 32.3. The molecule has 0 aromatic heterocycles. The van der Waals surface area contributed by atoms with Gasteiger partial charge < -0.3 is 33.5 Å². The van der Waals surface area contributed by atoms with Crippen molar-refractivity contribution in [3.63, 3.8) is 0 Å². The van der Waals surface area contributed by atoms with Crippen LogP contribution in [-0.2, 0) is 38.9 Å². The first-order valence-corrected chi connectivity index (χ1v) is 19.0. The highest BCUT2D eigenvalue weighted by atomic mass is 19.4. The van der Waals surface area contributed by atoms with Gasteiger partial charge >= 0.3 is 6.36 Å². The lowest BCUT2D eigenvalue weighted by atomic mass is 9.86. The summed E-state index contributed by atoms with van der Waals surface area (Å²) in [5.74, 6) is 3.16. The summed E-state index contributed by atoms with van der Waals surface area (Å²) in [6.45, 7) is 1.25. The highest BCUT2D eigenvalue weighted by molar-refractivity contribution is 5.63. The summed E-state index contributed by atoms with van der Waals surface area (Å²) in [7, 11) is 7.37. The Hall–Kier alpha value is -5.43. The zero-order valence-electron chi connectivity index (χ0n) is 32.3. The summed E-state index contributed by atoms with van der Waals surface area (Å²) in [4.78, 5) is 4.61. The molecule has 298 valence electrons. The zero-order chi connectivity index (χ0) is 39.8. The van der Waals surface area contributed by atoms with Crippen LogP contribution in [0.5, 0.6) is 46.0 Å². The molecule has 5 aromatic rings. The number of aliphatic hydroxyl groups is 1. The Morgan fingerprint density at radius 3 is 2.21 bits per heavy atom. The van der Waals surface area contributed by atoms with E-state index in [0.717, 1.165) is 59.3 Å². The SMILES string of the molecule is COc1ccc2cc1Oc1ccc(cc1)C[C@H]1c3cc(c(CO)cc3CCN1C)Oc1c(OCc3cccc(OC(F)(F)F)c3)c(OC)cc3c1[C@H](C2)N(C)CC3. The molecular formula is C45H45F3N2O7. The largest absolute Gasteiger partial charge is 0.573 e. The van der Waals surface area contributed by atoms with E-state index in [1.54, 1.807) is 20.3 Å². The van der Waals surface area contributed by atoms with E-state index in [1.807, 2.05) is 48.5 Å². The van der Waals surface area contributed by atoms with Crippen molar-refractivity contribution >= 4 is 0 Å². The van der Waals surface area contributed by atoms with Gasteiger partial charge in [0.1, 0.15) is 23.9 Å². The number of benzene rings is 5. The highest BCUT2D eigenvalue weighted by Crippen LogP contribution is 2.51. The van der Waals surface area contributed by atoms with Crippen LogP contribution in [0.1, 0.15) is 56.6 Å². The number of hydrogen-bond donors (Lipinski definition) is 1. The van der Waals surface area contributed by atoms with Crippen molar-refractivity contribution in [2.75, 3.05) is 41.4 Å². The minimum absolute atomic E-state index is 0.0197. The molecule has 0 aliphatic carbocycles. The van der Waals surface area contributed by atoms with Gasteiger partial charge in [-0.05, 0) is 128 Å². The molecule has 0 unspecified atom stereocenters. The van der Waals surface area contributed by atoms with Gasteiger partial charge in [0.15, 0.2) is 23.0 Å². The topological polar surface area (TPSA) is 82.1 Å². The monoisotopic (exact) mass is 782 g/mol. The Bertz CT molecular complexity index is 2260. The molecule has 0 amide bonds. The molecule has 0 fully saturated rings. The molecule has 9 nitrogen and oxygen atoms in total. The molecule has 4 aliphatic heterocycles. The van der Waals surface area contributed by atoms with E-state index in [0.29, 0.717) is 64.2 Å². The van der Waals surface area contributed by atoms with Crippen LogP contribution in [0.4, 0.5) is 13.2 Å². The van der Waals surface area contributed by atoms with Crippen LogP contribution >= 0.6 is 0 Å². The quantitative estimate of drug-likeness (QED) is 0.174. The van der Waals surface area contributed by atoms with Crippen molar-refractivity contribution in [3.8, 4) is 46.0 Å². The van der Waals surface area contributed by atoms with Crippen molar-refractivity contribution in [1.29, 1.82) is 0 Å². The summed E-state index contributed by atoms with van der Waals surface area (Å²) >= 11 is 0. The smallest absolute Gasteiger partial charge is 0.493 e. The van der Waals surface area contributed by atoms with Crippen molar-refractivity contribution in [3.05, 3.63) is 129 Å². The molecular weight excluding hydrogens is 737 g/mol. The Balaban J connectivity index is 1.31. The number of likely N-dealkylation sites (N-methyl/N-ethyl adjacent to an activating group) is 2. The maximum Gasteiger partial charge on any atom is 0.573 e. The summed E-state index contributed by atoms with van der Waals surface area (Å²) in [6, 6.07) is 25.6. The minimum Gasteiger partial charge on any atom is -0.493 e. The molecule has 0 saturated heterocycles. The Labute approximate surface area is 330 Å². The predicted molar refractivity (Wildman–Crippen MR) is 208 cm³/mol. The van der Waals surface area contributed by atoms with Crippen LogP contribution in [0.2, 0.25) is 0 Å². The fourth-order valence-electron chi connectivity index (χ4n) is 8.26. The fourth-order valence-corrected chi connectivity index (χ4v) is 8.26. The van der Waals surface area contributed by atoms with Crippen LogP contribution in [0.3, 0.4) is 0 Å². The van der Waals surface area contributed by atoms with E-state index in [9.17, 15) is 18.3 Å². The summed E-state index contributed by atoms with van der Waals surface area (Å²) < 4.78 is 75.4. The van der Waals surface area contributed by atoms with Crippen molar-refractivity contribution in [1.82, 2.24) is 9.80 Å².